The molecule has 0 saturated heterocycles. The first-order valence-corrected chi connectivity index (χ1v) is 12.9. The summed E-state index contributed by atoms with van der Waals surface area (Å²) in [4.78, 5) is 30.6. The SMILES string of the molecule is CCCCN(CC(=O)N1c2ccccc2-n2cccc2C1c1ccco1)C(=O)Nc1ccc(Cl)c(Cl)c1. The topological polar surface area (TPSA) is 70.7 Å². The van der Waals surface area contributed by atoms with Crippen LogP contribution in [-0.2, 0) is 4.79 Å². The Morgan fingerprint density at radius 3 is 2.54 bits per heavy atom. The van der Waals surface area contributed by atoms with Gasteiger partial charge in [0.15, 0.2) is 0 Å². The van der Waals surface area contributed by atoms with Gasteiger partial charge in [0.05, 0.1) is 33.4 Å². The van der Waals surface area contributed by atoms with Gasteiger partial charge in [-0.2, -0.15) is 0 Å². The van der Waals surface area contributed by atoms with Gasteiger partial charge in [-0.25, -0.2) is 4.79 Å². The monoisotopic (exact) mass is 536 g/mol. The number of halogens is 2. The van der Waals surface area contributed by atoms with Crippen LogP contribution in [0.5, 0.6) is 0 Å². The summed E-state index contributed by atoms with van der Waals surface area (Å²) in [7, 11) is 0. The van der Waals surface area contributed by atoms with Crippen molar-refractivity contribution in [3.63, 3.8) is 0 Å². The number of hydrogen-bond acceptors (Lipinski definition) is 3. The van der Waals surface area contributed by atoms with Crippen LogP contribution in [0.2, 0.25) is 10.0 Å². The molecular weight excluding hydrogens is 511 g/mol. The number of para-hydroxylation sites is 2. The molecule has 2 aromatic heterocycles. The molecule has 190 valence electrons. The lowest BCUT2D eigenvalue weighted by Gasteiger charge is -2.38. The summed E-state index contributed by atoms with van der Waals surface area (Å²) >= 11 is 12.1. The Labute approximate surface area is 225 Å². The Morgan fingerprint density at radius 2 is 1.81 bits per heavy atom. The number of fused-ring (bicyclic) bond motifs is 3. The van der Waals surface area contributed by atoms with Crippen molar-refractivity contribution in [3.8, 4) is 5.69 Å². The second-order valence-corrected chi connectivity index (χ2v) is 9.62. The minimum atomic E-state index is -0.474. The quantitative estimate of drug-likeness (QED) is 0.272. The third kappa shape index (κ3) is 4.97. The van der Waals surface area contributed by atoms with Crippen LogP contribution < -0.4 is 10.2 Å². The van der Waals surface area contributed by atoms with Crippen molar-refractivity contribution in [2.24, 2.45) is 0 Å². The number of unbranched alkanes of at least 4 members (excludes halogenated alkanes) is 1. The first kappa shape index (κ1) is 25.0. The predicted octanol–water partition coefficient (Wildman–Crippen LogP) is 7.15. The lowest BCUT2D eigenvalue weighted by molar-refractivity contribution is -0.119. The van der Waals surface area contributed by atoms with Crippen LogP contribution in [0.4, 0.5) is 16.2 Å². The predicted molar refractivity (Wildman–Crippen MR) is 146 cm³/mol. The minimum Gasteiger partial charge on any atom is -0.467 e. The Hall–Kier alpha value is -3.68. The molecule has 37 heavy (non-hydrogen) atoms. The summed E-state index contributed by atoms with van der Waals surface area (Å²) in [6.45, 7) is 2.35. The average Bonchev–Trinajstić information content (AvgIpc) is 3.60. The zero-order valence-corrected chi connectivity index (χ0v) is 21.7. The van der Waals surface area contributed by atoms with E-state index in [1.807, 2.05) is 61.7 Å². The van der Waals surface area contributed by atoms with Crippen LogP contribution in [0.25, 0.3) is 5.69 Å². The Balaban J connectivity index is 1.47. The summed E-state index contributed by atoms with van der Waals surface area (Å²) in [5.74, 6) is 0.421. The van der Waals surface area contributed by atoms with E-state index in [0.717, 1.165) is 29.9 Å². The molecule has 4 aromatic rings. The van der Waals surface area contributed by atoms with E-state index in [1.165, 1.54) is 4.90 Å². The van der Waals surface area contributed by atoms with Gasteiger partial charge in [0, 0.05) is 18.4 Å². The van der Waals surface area contributed by atoms with Gasteiger partial charge in [-0.3, -0.25) is 9.69 Å². The fourth-order valence-electron chi connectivity index (χ4n) is 4.59. The normalized spacial score (nSPS) is 14.1. The van der Waals surface area contributed by atoms with E-state index in [-0.39, 0.29) is 18.5 Å². The fourth-order valence-corrected chi connectivity index (χ4v) is 4.89. The molecule has 0 fully saturated rings. The van der Waals surface area contributed by atoms with Gasteiger partial charge in [0.1, 0.15) is 18.3 Å². The van der Waals surface area contributed by atoms with Gasteiger partial charge in [-0.05, 0) is 61.0 Å². The van der Waals surface area contributed by atoms with Crippen molar-refractivity contribution in [3.05, 3.63) is 101 Å². The molecule has 3 amide bonds. The number of benzene rings is 2. The van der Waals surface area contributed by atoms with Gasteiger partial charge in [0.25, 0.3) is 0 Å². The van der Waals surface area contributed by atoms with Crippen LogP contribution in [0.3, 0.4) is 0 Å². The molecule has 1 unspecified atom stereocenters. The van der Waals surface area contributed by atoms with Gasteiger partial charge in [-0.1, -0.05) is 48.7 Å². The molecule has 1 N–H and O–H groups in total. The molecule has 0 radical (unpaired) electrons. The molecule has 0 aliphatic carbocycles. The van der Waals surface area contributed by atoms with Gasteiger partial charge < -0.3 is 19.2 Å². The van der Waals surface area contributed by atoms with Crippen molar-refractivity contribution in [1.29, 1.82) is 0 Å². The number of amides is 3. The van der Waals surface area contributed by atoms with Crippen molar-refractivity contribution in [1.82, 2.24) is 9.47 Å². The number of rotatable bonds is 7. The number of furan rings is 1. The van der Waals surface area contributed by atoms with Crippen molar-refractivity contribution in [2.75, 3.05) is 23.3 Å². The molecule has 2 aromatic carbocycles. The highest BCUT2D eigenvalue weighted by Crippen LogP contribution is 2.42. The van der Waals surface area contributed by atoms with Crippen molar-refractivity contribution < 1.29 is 14.0 Å². The average molecular weight is 537 g/mol. The molecular formula is C28H26Cl2N4O3. The van der Waals surface area contributed by atoms with Crippen molar-refractivity contribution >= 4 is 46.5 Å². The van der Waals surface area contributed by atoms with Gasteiger partial charge in [-0.15, -0.1) is 0 Å². The third-order valence-electron chi connectivity index (χ3n) is 6.37. The zero-order valence-electron chi connectivity index (χ0n) is 20.2. The molecule has 0 saturated carbocycles. The number of hydrogen-bond donors (Lipinski definition) is 1. The van der Waals surface area contributed by atoms with E-state index < -0.39 is 6.04 Å². The Bertz CT molecular complexity index is 1420. The maximum absolute atomic E-state index is 14.0. The second-order valence-electron chi connectivity index (χ2n) is 8.81. The lowest BCUT2D eigenvalue weighted by Crippen LogP contribution is -2.47. The molecule has 7 nitrogen and oxygen atoms in total. The standard InChI is InChI=1S/C28H26Cl2N4O3/c1-2-3-14-32(28(36)31-19-12-13-20(29)21(30)17-19)18-26(35)34-23-9-5-4-8-22(23)33-15-6-10-24(33)27(34)25-11-7-16-37-25/h4-13,15-17,27H,2-3,14,18H2,1H3,(H,31,36). The van der Waals surface area contributed by atoms with Gasteiger partial charge in [0.2, 0.25) is 5.91 Å². The summed E-state index contributed by atoms with van der Waals surface area (Å²) in [6.07, 6.45) is 5.21. The molecule has 5 rings (SSSR count). The maximum Gasteiger partial charge on any atom is 0.322 e. The van der Waals surface area contributed by atoms with E-state index in [2.05, 4.69) is 9.88 Å². The molecule has 0 bridgehead atoms. The van der Waals surface area contributed by atoms with E-state index in [0.29, 0.717) is 28.0 Å². The highest BCUT2D eigenvalue weighted by atomic mass is 35.5. The summed E-state index contributed by atoms with van der Waals surface area (Å²) < 4.78 is 7.86. The number of nitrogens with one attached hydrogen (secondary N) is 1. The highest BCUT2D eigenvalue weighted by Gasteiger charge is 2.38. The first-order chi connectivity index (χ1) is 18.0. The first-order valence-electron chi connectivity index (χ1n) is 12.1. The Kier molecular flexibility index (Phi) is 7.26. The molecule has 0 spiro atoms. The maximum atomic E-state index is 14.0. The van der Waals surface area contributed by atoms with E-state index in [4.69, 9.17) is 27.6 Å². The molecule has 9 heteroatoms. The smallest absolute Gasteiger partial charge is 0.322 e. The van der Waals surface area contributed by atoms with E-state index in [9.17, 15) is 9.59 Å². The number of nitrogens with zero attached hydrogens (tertiary/aromatic N) is 3. The van der Waals surface area contributed by atoms with Crippen molar-refractivity contribution in [2.45, 2.75) is 25.8 Å². The van der Waals surface area contributed by atoms with Crippen LogP contribution in [-0.4, -0.2) is 34.5 Å². The number of carbonyl (C=O) groups is 2. The summed E-state index contributed by atoms with van der Waals surface area (Å²) in [5, 5.41) is 3.58. The van der Waals surface area contributed by atoms with Crippen LogP contribution >= 0.6 is 23.2 Å². The number of urea groups is 1. The molecule has 1 aliphatic rings. The van der Waals surface area contributed by atoms with Gasteiger partial charge >= 0.3 is 6.03 Å². The zero-order chi connectivity index (χ0) is 25.9. The largest absolute Gasteiger partial charge is 0.467 e. The second kappa shape index (κ2) is 10.7. The van der Waals surface area contributed by atoms with E-state index in [1.54, 1.807) is 29.4 Å². The number of aromatic nitrogens is 1. The van der Waals surface area contributed by atoms with E-state index >= 15 is 0 Å². The number of carbonyl (C=O) groups excluding carboxylic acids is 2. The summed E-state index contributed by atoms with van der Waals surface area (Å²) in [6, 6.07) is 19.4. The summed E-state index contributed by atoms with van der Waals surface area (Å²) in [5.41, 5.74) is 3.04. The molecule has 1 aliphatic heterocycles. The van der Waals surface area contributed by atoms with Crippen LogP contribution in [0, 0.1) is 0 Å². The minimum absolute atomic E-state index is 0.112. The Morgan fingerprint density at radius 1 is 1.00 bits per heavy atom. The molecule has 3 heterocycles. The highest BCUT2D eigenvalue weighted by molar-refractivity contribution is 6.42. The lowest BCUT2D eigenvalue weighted by atomic mass is 10.0. The van der Waals surface area contributed by atoms with Crippen LogP contribution in [0.1, 0.15) is 37.3 Å². The molecule has 1 atom stereocenters. The number of anilines is 2. The fraction of sp³-hybridized carbons (Fsp3) is 0.214. The third-order valence-corrected chi connectivity index (χ3v) is 7.11. The van der Waals surface area contributed by atoms with Crippen LogP contribution in [0.15, 0.2) is 83.6 Å².